The number of esters is 2. The highest BCUT2D eigenvalue weighted by Crippen LogP contribution is 2.43. The minimum Gasteiger partial charge on any atom is -0.460 e. The van der Waals surface area contributed by atoms with Gasteiger partial charge >= 0.3 is 11.9 Å². The molecule has 0 spiro atoms. The van der Waals surface area contributed by atoms with Crippen molar-refractivity contribution in [3.8, 4) is 0 Å². The Morgan fingerprint density at radius 3 is 2.52 bits per heavy atom. The lowest BCUT2D eigenvalue weighted by Gasteiger charge is -2.36. The molecule has 2 aliphatic carbocycles. The molecule has 160 valence electrons. The summed E-state index contributed by atoms with van der Waals surface area (Å²) in [7, 11) is 0. The van der Waals surface area contributed by atoms with Crippen LogP contribution in [0.5, 0.6) is 0 Å². The van der Waals surface area contributed by atoms with Gasteiger partial charge in [0, 0.05) is 5.56 Å². The van der Waals surface area contributed by atoms with Crippen LogP contribution < -0.4 is 0 Å². The lowest BCUT2D eigenvalue weighted by molar-refractivity contribution is -0.169. The zero-order chi connectivity index (χ0) is 21.0. The van der Waals surface area contributed by atoms with Crippen molar-refractivity contribution in [2.24, 2.45) is 17.8 Å². The van der Waals surface area contributed by atoms with Gasteiger partial charge in [-0.25, -0.2) is 9.18 Å². The largest absolute Gasteiger partial charge is 0.460 e. The van der Waals surface area contributed by atoms with Gasteiger partial charge < -0.3 is 9.47 Å². The molecule has 2 saturated carbocycles. The summed E-state index contributed by atoms with van der Waals surface area (Å²) in [5, 5.41) is 0. The standard InChI is InChI=1S/C24H33FO4/c1-16(2)18-11-10-17(3)14-21(18)29-22(26)15-28-23(27)24(12-6-7-13-24)19-8-4-5-9-20(19)25/h4-5,8-9,16-18,21H,6-7,10-15H2,1-3H3/t17-,18+,21+/m0/s1. The Labute approximate surface area is 173 Å². The molecule has 5 heteroatoms. The van der Waals surface area contributed by atoms with E-state index >= 15 is 0 Å². The zero-order valence-corrected chi connectivity index (χ0v) is 17.8. The van der Waals surface area contributed by atoms with Crippen LogP contribution in [-0.2, 0) is 24.5 Å². The van der Waals surface area contributed by atoms with E-state index < -0.39 is 29.8 Å². The van der Waals surface area contributed by atoms with Crippen LogP contribution in [-0.4, -0.2) is 24.6 Å². The van der Waals surface area contributed by atoms with Crippen molar-refractivity contribution >= 4 is 11.9 Å². The van der Waals surface area contributed by atoms with Gasteiger partial charge in [0.05, 0.1) is 5.41 Å². The summed E-state index contributed by atoms with van der Waals surface area (Å²) in [4.78, 5) is 25.4. The second kappa shape index (κ2) is 9.27. The minimum absolute atomic E-state index is 0.128. The summed E-state index contributed by atoms with van der Waals surface area (Å²) in [6, 6.07) is 6.36. The first-order valence-electron chi connectivity index (χ1n) is 10.9. The molecule has 29 heavy (non-hydrogen) atoms. The monoisotopic (exact) mass is 404 g/mol. The Morgan fingerprint density at radius 2 is 1.86 bits per heavy atom. The molecule has 0 N–H and O–H groups in total. The van der Waals surface area contributed by atoms with Gasteiger partial charge in [0.1, 0.15) is 11.9 Å². The van der Waals surface area contributed by atoms with Gasteiger partial charge in [-0.1, -0.05) is 58.2 Å². The molecule has 0 amide bonds. The maximum Gasteiger partial charge on any atom is 0.344 e. The van der Waals surface area contributed by atoms with Crippen LogP contribution in [0, 0.1) is 23.6 Å². The van der Waals surface area contributed by atoms with E-state index in [1.807, 2.05) is 0 Å². The smallest absolute Gasteiger partial charge is 0.344 e. The quantitative estimate of drug-likeness (QED) is 0.613. The average Bonchev–Trinajstić information content (AvgIpc) is 3.17. The summed E-state index contributed by atoms with van der Waals surface area (Å²) in [5.41, 5.74) is -0.623. The lowest BCUT2D eigenvalue weighted by atomic mass is 9.75. The second-order valence-electron chi connectivity index (χ2n) is 9.20. The predicted molar refractivity (Wildman–Crippen MR) is 109 cm³/mol. The van der Waals surface area contributed by atoms with Crippen molar-refractivity contribution in [3.05, 3.63) is 35.6 Å². The van der Waals surface area contributed by atoms with Crippen molar-refractivity contribution in [2.75, 3.05) is 6.61 Å². The molecule has 2 aliphatic rings. The fraction of sp³-hybridized carbons (Fsp3) is 0.667. The third-order valence-electron chi connectivity index (χ3n) is 6.80. The van der Waals surface area contributed by atoms with Crippen LogP contribution in [0.2, 0.25) is 0 Å². The summed E-state index contributed by atoms with van der Waals surface area (Å²) >= 11 is 0. The molecule has 0 radical (unpaired) electrons. The third kappa shape index (κ3) is 4.81. The van der Waals surface area contributed by atoms with E-state index in [-0.39, 0.29) is 6.10 Å². The van der Waals surface area contributed by atoms with Gasteiger partial charge in [0.25, 0.3) is 0 Å². The summed E-state index contributed by atoms with van der Waals surface area (Å²) < 4.78 is 25.5. The van der Waals surface area contributed by atoms with Crippen molar-refractivity contribution in [2.45, 2.75) is 77.2 Å². The van der Waals surface area contributed by atoms with E-state index in [9.17, 15) is 14.0 Å². The van der Waals surface area contributed by atoms with E-state index in [2.05, 4.69) is 20.8 Å². The molecular weight excluding hydrogens is 371 g/mol. The molecular formula is C24H33FO4. The Hall–Kier alpha value is -1.91. The molecule has 4 nitrogen and oxygen atoms in total. The number of rotatable bonds is 6. The molecule has 0 saturated heterocycles. The van der Waals surface area contributed by atoms with E-state index in [1.165, 1.54) is 6.07 Å². The fourth-order valence-corrected chi connectivity index (χ4v) is 5.13. The molecule has 1 aromatic carbocycles. The maximum atomic E-state index is 14.4. The van der Waals surface area contributed by atoms with Crippen molar-refractivity contribution in [1.29, 1.82) is 0 Å². The van der Waals surface area contributed by atoms with E-state index in [4.69, 9.17) is 9.47 Å². The molecule has 3 rings (SSSR count). The number of hydrogen-bond acceptors (Lipinski definition) is 4. The first kappa shape index (κ1) is 21.8. The summed E-state index contributed by atoms with van der Waals surface area (Å²) in [6.07, 6.45) is 5.67. The molecule has 3 atom stereocenters. The highest BCUT2D eigenvalue weighted by Gasteiger charge is 2.46. The van der Waals surface area contributed by atoms with Crippen LogP contribution in [0.15, 0.2) is 24.3 Å². The van der Waals surface area contributed by atoms with Crippen LogP contribution in [0.3, 0.4) is 0 Å². The van der Waals surface area contributed by atoms with Gasteiger partial charge in [-0.2, -0.15) is 0 Å². The van der Waals surface area contributed by atoms with Crippen LogP contribution in [0.4, 0.5) is 4.39 Å². The third-order valence-corrected chi connectivity index (χ3v) is 6.80. The van der Waals surface area contributed by atoms with Crippen molar-refractivity contribution in [1.82, 2.24) is 0 Å². The Balaban J connectivity index is 1.63. The fourth-order valence-electron chi connectivity index (χ4n) is 5.13. The van der Waals surface area contributed by atoms with E-state index in [0.717, 1.165) is 32.1 Å². The zero-order valence-electron chi connectivity index (χ0n) is 17.8. The normalized spacial score (nSPS) is 26.3. The number of hydrogen-bond donors (Lipinski definition) is 0. The van der Waals surface area contributed by atoms with Gasteiger partial charge in [-0.15, -0.1) is 0 Å². The van der Waals surface area contributed by atoms with Crippen LogP contribution in [0.1, 0.15) is 71.3 Å². The topological polar surface area (TPSA) is 52.6 Å². The molecule has 0 aromatic heterocycles. The van der Waals surface area contributed by atoms with Gasteiger partial charge in [-0.05, 0) is 49.5 Å². The lowest BCUT2D eigenvalue weighted by Crippen LogP contribution is -2.39. The van der Waals surface area contributed by atoms with E-state index in [1.54, 1.807) is 18.2 Å². The summed E-state index contributed by atoms with van der Waals surface area (Å²) in [5.74, 6) is -0.131. The molecule has 0 aliphatic heterocycles. The van der Waals surface area contributed by atoms with Gasteiger partial charge in [-0.3, -0.25) is 4.79 Å². The molecule has 2 fully saturated rings. The van der Waals surface area contributed by atoms with Gasteiger partial charge in [0.15, 0.2) is 6.61 Å². The van der Waals surface area contributed by atoms with Crippen LogP contribution in [0.25, 0.3) is 0 Å². The highest BCUT2D eigenvalue weighted by molar-refractivity contribution is 5.85. The summed E-state index contributed by atoms with van der Waals surface area (Å²) in [6.45, 7) is 6.07. The predicted octanol–water partition coefficient (Wildman–Crippen LogP) is 5.18. The molecule has 1 aromatic rings. The first-order valence-corrected chi connectivity index (χ1v) is 10.9. The molecule has 0 heterocycles. The maximum absolute atomic E-state index is 14.4. The van der Waals surface area contributed by atoms with Gasteiger partial charge in [0.2, 0.25) is 0 Å². The number of carbonyl (C=O) groups is 2. The SMILES string of the molecule is CC(C)[C@H]1CC[C@H](C)C[C@H]1OC(=O)COC(=O)C1(c2ccccc2F)CCCC1. The average molecular weight is 405 g/mol. The second-order valence-corrected chi connectivity index (χ2v) is 9.20. The number of carbonyl (C=O) groups excluding carboxylic acids is 2. The Bertz CT molecular complexity index is 723. The molecule has 0 unspecified atom stereocenters. The van der Waals surface area contributed by atoms with E-state index in [0.29, 0.717) is 36.2 Å². The van der Waals surface area contributed by atoms with Crippen LogP contribution >= 0.6 is 0 Å². The number of benzene rings is 1. The molecule has 0 bridgehead atoms. The Kier molecular flexibility index (Phi) is 6.97. The highest BCUT2D eigenvalue weighted by atomic mass is 19.1. The number of halogens is 1. The first-order chi connectivity index (χ1) is 13.8. The van der Waals surface area contributed by atoms with Crippen molar-refractivity contribution in [3.63, 3.8) is 0 Å². The van der Waals surface area contributed by atoms with Crippen molar-refractivity contribution < 1.29 is 23.5 Å². The minimum atomic E-state index is -0.995. The number of ether oxygens (including phenoxy) is 2. The Morgan fingerprint density at radius 1 is 1.17 bits per heavy atom.